The largest absolute Gasteiger partial charge is 0.493 e. The Labute approximate surface area is 156 Å². The van der Waals surface area contributed by atoms with Gasteiger partial charge in [0.05, 0.1) is 12.6 Å². The van der Waals surface area contributed by atoms with E-state index in [0.717, 1.165) is 23.7 Å². The summed E-state index contributed by atoms with van der Waals surface area (Å²) in [6.07, 6.45) is 0.882. The molecule has 26 heavy (non-hydrogen) atoms. The van der Waals surface area contributed by atoms with Crippen molar-refractivity contribution in [2.45, 2.75) is 25.9 Å². The smallest absolute Gasteiger partial charge is 0.191 e. The number of nitrogens with zero attached hydrogens (tertiary/aromatic N) is 1. The highest BCUT2D eigenvalue weighted by Gasteiger charge is 2.07. The monoisotopic (exact) mass is 355 g/mol. The predicted octanol–water partition coefficient (Wildman–Crippen LogP) is 3.53. The molecule has 0 spiro atoms. The molecule has 0 saturated carbocycles. The Morgan fingerprint density at radius 2 is 1.88 bits per heavy atom. The Kier molecular flexibility index (Phi) is 8.49. The van der Waals surface area contributed by atoms with E-state index in [0.29, 0.717) is 19.8 Å². The first-order valence-electron chi connectivity index (χ1n) is 8.95. The Morgan fingerprint density at radius 3 is 2.62 bits per heavy atom. The molecule has 5 nitrogen and oxygen atoms in total. The van der Waals surface area contributed by atoms with Crippen molar-refractivity contribution in [2.24, 2.45) is 4.99 Å². The minimum atomic E-state index is 0.179. The second-order valence-corrected chi connectivity index (χ2v) is 6.04. The van der Waals surface area contributed by atoms with Crippen LogP contribution < -0.4 is 15.4 Å². The van der Waals surface area contributed by atoms with Crippen LogP contribution in [0, 0.1) is 0 Å². The summed E-state index contributed by atoms with van der Waals surface area (Å²) in [6, 6.07) is 18.6. The highest BCUT2D eigenvalue weighted by molar-refractivity contribution is 5.80. The normalized spacial score (nSPS) is 12.5. The zero-order valence-corrected chi connectivity index (χ0v) is 15.9. The fourth-order valence-electron chi connectivity index (χ4n) is 2.55. The molecule has 0 radical (unpaired) electrons. The quantitative estimate of drug-likeness (QED) is 0.410. The number of hydrogen-bond acceptors (Lipinski definition) is 3. The molecule has 1 atom stereocenters. The van der Waals surface area contributed by atoms with Gasteiger partial charge in [0.2, 0.25) is 0 Å². The maximum absolute atomic E-state index is 5.75. The van der Waals surface area contributed by atoms with Crippen molar-refractivity contribution in [3.63, 3.8) is 0 Å². The van der Waals surface area contributed by atoms with Crippen molar-refractivity contribution in [1.29, 1.82) is 0 Å². The van der Waals surface area contributed by atoms with Gasteiger partial charge in [0.15, 0.2) is 5.96 Å². The first-order chi connectivity index (χ1) is 12.7. The fourth-order valence-corrected chi connectivity index (χ4v) is 2.55. The summed E-state index contributed by atoms with van der Waals surface area (Å²) in [4.78, 5) is 4.31. The molecule has 2 rings (SSSR count). The van der Waals surface area contributed by atoms with Gasteiger partial charge in [0.1, 0.15) is 5.75 Å². The Hall–Kier alpha value is -2.53. The van der Waals surface area contributed by atoms with Crippen LogP contribution in [-0.2, 0) is 11.3 Å². The van der Waals surface area contributed by atoms with Gasteiger partial charge < -0.3 is 20.1 Å². The second-order valence-electron chi connectivity index (χ2n) is 6.04. The molecule has 0 amide bonds. The molecule has 0 fully saturated rings. The minimum Gasteiger partial charge on any atom is -0.493 e. The number of nitrogens with one attached hydrogen (secondary N) is 2. The molecule has 0 aliphatic heterocycles. The van der Waals surface area contributed by atoms with Gasteiger partial charge in [-0.3, -0.25) is 4.99 Å². The van der Waals surface area contributed by atoms with Crippen LogP contribution in [0.1, 0.15) is 30.5 Å². The van der Waals surface area contributed by atoms with E-state index in [2.05, 4.69) is 40.7 Å². The van der Waals surface area contributed by atoms with Crippen molar-refractivity contribution >= 4 is 5.96 Å². The average molecular weight is 355 g/mol. The molecular formula is C21H29N3O2. The van der Waals surface area contributed by atoms with Gasteiger partial charge in [-0.25, -0.2) is 0 Å². The van der Waals surface area contributed by atoms with E-state index in [-0.39, 0.29) is 6.04 Å². The molecule has 0 heterocycles. The Balaban J connectivity index is 1.84. The summed E-state index contributed by atoms with van der Waals surface area (Å²) in [5, 5.41) is 6.76. The van der Waals surface area contributed by atoms with E-state index >= 15 is 0 Å². The summed E-state index contributed by atoms with van der Waals surface area (Å²) in [7, 11) is 3.48. The van der Waals surface area contributed by atoms with Gasteiger partial charge in [0, 0.05) is 33.7 Å². The lowest BCUT2D eigenvalue weighted by Crippen LogP contribution is -2.38. The molecular weight excluding hydrogens is 326 g/mol. The summed E-state index contributed by atoms with van der Waals surface area (Å²) < 4.78 is 10.8. The predicted molar refractivity (Wildman–Crippen MR) is 107 cm³/mol. The Morgan fingerprint density at radius 1 is 1.08 bits per heavy atom. The third kappa shape index (κ3) is 6.76. The lowest BCUT2D eigenvalue weighted by molar-refractivity contribution is 0.172. The third-order valence-electron chi connectivity index (χ3n) is 4.00. The van der Waals surface area contributed by atoms with Crippen molar-refractivity contribution in [2.75, 3.05) is 27.4 Å². The number of ether oxygens (including phenoxy) is 2. The molecule has 0 aromatic heterocycles. The molecule has 0 aliphatic rings. The topological polar surface area (TPSA) is 54.9 Å². The molecule has 5 heteroatoms. The second kappa shape index (κ2) is 11.2. The lowest BCUT2D eigenvalue weighted by atomic mass is 10.1. The van der Waals surface area contributed by atoms with E-state index in [1.54, 1.807) is 14.2 Å². The minimum absolute atomic E-state index is 0.179. The van der Waals surface area contributed by atoms with Gasteiger partial charge in [-0.15, -0.1) is 0 Å². The van der Waals surface area contributed by atoms with Gasteiger partial charge in [0.25, 0.3) is 0 Å². The van der Waals surface area contributed by atoms with Gasteiger partial charge in [-0.05, 0) is 30.2 Å². The fraction of sp³-hybridized carbons (Fsp3) is 0.381. The van der Waals surface area contributed by atoms with Crippen LogP contribution in [0.15, 0.2) is 59.6 Å². The molecule has 140 valence electrons. The molecule has 0 bridgehead atoms. The maximum Gasteiger partial charge on any atom is 0.191 e. The third-order valence-corrected chi connectivity index (χ3v) is 4.00. The van der Waals surface area contributed by atoms with E-state index < -0.39 is 0 Å². The summed E-state index contributed by atoms with van der Waals surface area (Å²) in [5.41, 5.74) is 2.37. The van der Waals surface area contributed by atoms with Crippen LogP contribution in [0.2, 0.25) is 0 Å². The van der Waals surface area contributed by atoms with Crippen molar-refractivity contribution < 1.29 is 9.47 Å². The zero-order valence-electron chi connectivity index (χ0n) is 15.9. The average Bonchev–Trinajstić information content (AvgIpc) is 2.69. The summed E-state index contributed by atoms with van der Waals surface area (Å²) in [5.74, 6) is 1.65. The van der Waals surface area contributed by atoms with Crippen LogP contribution in [0.3, 0.4) is 0 Å². The molecule has 2 aromatic carbocycles. The molecule has 2 N–H and O–H groups in total. The van der Waals surface area contributed by atoms with Crippen LogP contribution in [0.5, 0.6) is 5.75 Å². The number of benzene rings is 2. The van der Waals surface area contributed by atoms with Crippen LogP contribution in [0.4, 0.5) is 0 Å². The number of aliphatic imine (C=N–C) groups is 1. The van der Waals surface area contributed by atoms with Crippen LogP contribution in [0.25, 0.3) is 0 Å². The molecule has 0 saturated heterocycles. The summed E-state index contributed by atoms with van der Waals surface area (Å²) >= 11 is 0. The number of rotatable bonds is 9. The standard InChI is InChI=1S/C21H29N3O2/c1-17(19-10-5-4-6-11-19)24-21(22-2)23-16-18-9-7-12-20(15-18)26-14-8-13-25-3/h4-7,9-12,15,17H,8,13-14,16H2,1-3H3,(H2,22,23,24). The van der Waals surface area contributed by atoms with Crippen molar-refractivity contribution in [3.8, 4) is 5.75 Å². The first kappa shape index (κ1) is 19.8. The molecule has 0 aliphatic carbocycles. The number of hydrogen-bond donors (Lipinski definition) is 2. The van der Waals surface area contributed by atoms with Gasteiger partial charge in [-0.2, -0.15) is 0 Å². The maximum atomic E-state index is 5.75. The zero-order chi connectivity index (χ0) is 18.6. The van der Waals surface area contributed by atoms with E-state index in [1.807, 2.05) is 36.4 Å². The van der Waals surface area contributed by atoms with Crippen LogP contribution >= 0.6 is 0 Å². The lowest BCUT2D eigenvalue weighted by Gasteiger charge is -2.18. The van der Waals surface area contributed by atoms with E-state index in [4.69, 9.17) is 9.47 Å². The Bertz CT molecular complexity index is 674. The SMILES string of the molecule is CN=C(NCc1cccc(OCCCOC)c1)NC(C)c1ccccc1. The summed E-state index contributed by atoms with van der Waals surface area (Å²) in [6.45, 7) is 4.17. The molecule has 2 aromatic rings. The first-order valence-corrected chi connectivity index (χ1v) is 8.95. The van der Waals surface area contributed by atoms with Gasteiger partial charge in [-0.1, -0.05) is 42.5 Å². The van der Waals surface area contributed by atoms with E-state index in [9.17, 15) is 0 Å². The van der Waals surface area contributed by atoms with Crippen molar-refractivity contribution in [3.05, 3.63) is 65.7 Å². The number of methoxy groups -OCH3 is 1. The number of guanidine groups is 1. The molecule has 1 unspecified atom stereocenters. The van der Waals surface area contributed by atoms with E-state index in [1.165, 1.54) is 5.56 Å². The van der Waals surface area contributed by atoms with Crippen LogP contribution in [-0.4, -0.2) is 33.3 Å². The highest BCUT2D eigenvalue weighted by Crippen LogP contribution is 2.14. The highest BCUT2D eigenvalue weighted by atomic mass is 16.5. The van der Waals surface area contributed by atoms with Crippen molar-refractivity contribution in [1.82, 2.24) is 10.6 Å². The van der Waals surface area contributed by atoms with Gasteiger partial charge >= 0.3 is 0 Å².